The van der Waals surface area contributed by atoms with Gasteiger partial charge in [-0.25, -0.2) is 6.57 Å². The topological polar surface area (TPSA) is 117 Å². The Kier molecular flexibility index (Phi) is 19.8. The van der Waals surface area contributed by atoms with Crippen LogP contribution in [0.4, 0.5) is 5.69 Å². The van der Waals surface area contributed by atoms with Crippen LogP contribution in [0.25, 0.3) is 21.0 Å². The van der Waals surface area contributed by atoms with E-state index in [1.807, 2.05) is 36.4 Å². The van der Waals surface area contributed by atoms with E-state index in [0.29, 0.717) is 80.6 Å². The highest BCUT2D eigenvalue weighted by molar-refractivity contribution is 7.20. The van der Waals surface area contributed by atoms with Gasteiger partial charge in [0.05, 0.1) is 60.2 Å². The van der Waals surface area contributed by atoms with Crippen molar-refractivity contribution in [3.63, 3.8) is 0 Å². The van der Waals surface area contributed by atoms with Gasteiger partial charge in [0.25, 0.3) is 5.91 Å². The Morgan fingerprint density at radius 3 is 2.35 bits per heavy atom. The van der Waals surface area contributed by atoms with Gasteiger partial charge in [0.2, 0.25) is 18.4 Å². The average molecular weight is 816 g/mol. The van der Waals surface area contributed by atoms with Crippen molar-refractivity contribution in [2.45, 2.75) is 25.7 Å². The molecule has 1 aliphatic heterocycles. The van der Waals surface area contributed by atoms with Gasteiger partial charge in [-0.2, -0.15) is 0 Å². The monoisotopic (exact) mass is 814 g/mol. The summed E-state index contributed by atoms with van der Waals surface area (Å²) in [5.41, 5.74) is 1.81. The largest absolute Gasteiger partial charge is 0.379 e. The molecule has 15 heteroatoms. The molecule has 2 heterocycles. The quantitative estimate of drug-likeness (QED) is 0.0655. The second-order valence-corrected chi connectivity index (χ2v) is 14.9. The minimum Gasteiger partial charge on any atom is -0.379 e. The van der Waals surface area contributed by atoms with Crippen molar-refractivity contribution < 1.29 is 28.6 Å². The Bertz CT molecular complexity index is 1740. The SMILES string of the molecule is [C-]#[N+]CCCOCCOCCOCCCNC(=O)CN(C)C(=O)/C=C/c1ccc2sc(C(=O)NCCCCN3CCN(c4cccc(Cl)c4Cl)CC3)cc2c1. The van der Waals surface area contributed by atoms with Gasteiger partial charge in [-0.1, -0.05) is 35.3 Å². The van der Waals surface area contributed by atoms with Gasteiger partial charge >= 0.3 is 0 Å². The number of hydrogen-bond acceptors (Lipinski definition) is 9. The molecule has 0 aliphatic carbocycles. The Hall–Kier alpha value is -3.74. The van der Waals surface area contributed by atoms with Crippen LogP contribution >= 0.6 is 34.5 Å². The molecule has 0 radical (unpaired) electrons. The average Bonchev–Trinajstić information content (AvgIpc) is 3.62. The molecule has 0 unspecified atom stereocenters. The molecule has 298 valence electrons. The maximum atomic E-state index is 12.9. The Balaban J connectivity index is 1.05. The molecule has 1 aromatic heterocycles. The molecule has 12 nitrogen and oxygen atoms in total. The third kappa shape index (κ3) is 15.7. The van der Waals surface area contributed by atoms with Crippen molar-refractivity contribution in [2.75, 3.05) is 110 Å². The lowest BCUT2D eigenvalue weighted by atomic mass is 10.1. The molecule has 1 aliphatic rings. The number of halogens is 2. The normalized spacial score (nSPS) is 13.3. The van der Waals surface area contributed by atoms with E-state index in [9.17, 15) is 14.4 Å². The van der Waals surface area contributed by atoms with Gasteiger partial charge in [-0.15, -0.1) is 11.3 Å². The number of piperazine rings is 1. The number of amides is 3. The molecule has 0 spiro atoms. The number of nitrogens with zero attached hydrogens (tertiary/aromatic N) is 4. The van der Waals surface area contributed by atoms with Gasteiger partial charge in [-0.05, 0) is 73.2 Å². The van der Waals surface area contributed by atoms with Crippen LogP contribution in [0.1, 0.15) is 40.9 Å². The van der Waals surface area contributed by atoms with Crippen LogP contribution in [0.15, 0.2) is 48.5 Å². The van der Waals surface area contributed by atoms with E-state index >= 15 is 0 Å². The molecule has 0 saturated carbocycles. The third-order valence-electron chi connectivity index (χ3n) is 8.86. The first-order chi connectivity index (χ1) is 26.7. The van der Waals surface area contributed by atoms with Crippen LogP contribution in [0, 0.1) is 6.57 Å². The highest BCUT2D eigenvalue weighted by Crippen LogP contribution is 2.33. The fraction of sp³-hybridized carbons (Fsp3) is 0.500. The Morgan fingerprint density at radius 2 is 1.60 bits per heavy atom. The number of unbranched alkanes of at least 4 members (excludes halogenated alkanes) is 1. The van der Waals surface area contributed by atoms with Crippen molar-refractivity contribution in [2.24, 2.45) is 0 Å². The van der Waals surface area contributed by atoms with Crippen molar-refractivity contribution in [1.29, 1.82) is 0 Å². The molecule has 1 fully saturated rings. The zero-order valence-corrected chi connectivity index (χ0v) is 33.9. The van der Waals surface area contributed by atoms with E-state index in [-0.39, 0.29) is 24.3 Å². The minimum atomic E-state index is -0.289. The van der Waals surface area contributed by atoms with Crippen LogP contribution in [-0.4, -0.2) is 133 Å². The van der Waals surface area contributed by atoms with E-state index < -0.39 is 0 Å². The minimum absolute atomic E-state index is 0.0581. The summed E-state index contributed by atoms with van der Waals surface area (Å²) in [6, 6.07) is 13.4. The fourth-order valence-corrected chi connectivity index (χ4v) is 7.18. The van der Waals surface area contributed by atoms with Crippen LogP contribution in [-0.2, 0) is 23.8 Å². The zero-order chi connectivity index (χ0) is 39.3. The van der Waals surface area contributed by atoms with Crippen molar-refractivity contribution in [3.8, 4) is 0 Å². The summed E-state index contributed by atoms with van der Waals surface area (Å²) in [6.45, 7) is 15.8. The first-order valence-electron chi connectivity index (χ1n) is 18.7. The smallest absolute Gasteiger partial charge is 0.261 e. The number of fused-ring (bicyclic) bond motifs is 1. The first kappa shape index (κ1) is 44.0. The molecule has 55 heavy (non-hydrogen) atoms. The number of rotatable bonds is 24. The molecule has 2 N–H and O–H groups in total. The summed E-state index contributed by atoms with van der Waals surface area (Å²) in [7, 11) is 1.58. The number of nitrogens with one attached hydrogen (secondary N) is 2. The van der Waals surface area contributed by atoms with E-state index in [1.54, 1.807) is 19.2 Å². The van der Waals surface area contributed by atoms with Crippen LogP contribution < -0.4 is 15.5 Å². The third-order valence-corrected chi connectivity index (χ3v) is 10.8. The Labute approximate surface area is 338 Å². The zero-order valence-electron chi connectivity index (χ0n) is 31.5. The van der Waals surface area contributed by atoms with E-state index in [4.69, 9.17) is 44.0 Å². The number of hydrogen-bond donors (Lipinski definition) is 2. The lowest BCUT2D eigenvalue weighted by Crippen LogP contribution is -2.46. The molecule has 0 bridgehead atoms. The number of likely N-dealkylation sites (N-methyl/N-ethyl adjacent to an activating group) is 1. The maximum Gasteiger partial charge on any atom is 0.261 e. The first-order valence-corrected chi connectivity index (χ1v) is 20.3. The molecule has 4 rings (SSSR count). The lowest BCUT2D eigenvalue weighted by Gasteiger charge is -2.36. The molecule has 1 saturated heterocycles. The molecule has 3 aromatic rings. The standard InChI is InChI=1S/C40H52Cl2N6O6S/c1-43-14-6-22-52-24-26-54-27-25-53-23-7-16-44-37(49)30-46(2)38(50)13-11-31-10-12-35-32(28-31)29-36(55-35)40(51)45-15-3-4-17-47-18-20-48(21-19-47)34-9-5-8-33(41)39(34)42/h5,8-13,28-29H,3-4,6-7,14-27,30H2,2H3,(H,44,49)(H,45,51)/b13-11+. The Morgan fingerprint density at radius 1 is 0.891 bits per heavy atom. The summed E-state index contributed by atoms with van der Waals surface area (Å²) >= 11 is 14.0. The number of benzene rings is 2. The van der Waals surface area contributed by atoms with E-state index in [0.717, 1.165) is 73.3 Å². The number of anilines is 1. The van der Waals surface area contributed by atoms with Gasteiger partial charge < -0.3 is 39.5 Å². The van der Waals surface area contributed by atoms with Crippen molar-refractivity contribution >= 4 is 74.1 Å². The highest BCUT2D eigenvalue weighted by atomic mass is 35.5. The van der Waals surface area contributed by atoms with Crippen molar-refractivity contribution in [1.82, 2.24) is 20.4 Å². The lowest BCUT2D eigenvalue weighted by molar-refractivity contribution is -0.131. The van der Waals surface area contributed by atoms with Gasteiger partial charge in [0.15, 0.2) is 0 Å². The van der Waals surface area contributed by atoms with Crippen LogP contribution in [0.3, 0.4) is 0 Å². The molecular weight excluding hydrogens is 763 g/mol. The maximum absolute atomic E-state index is 12.9. The van der Waals surface area contributed by atoms with Crippen LogP contribution in [0.2, 0.25) is 10.0 Å². The van der Waals surface area contributed by atoms with E-state index in [2.05, 4.69) is 25.3 Å². The number of carbonyl (C=O) groups excluding carboxylic acids is 3. The van der Waals surface area contributed by atoms with E-state index in [1.165, 1.54) is 22.3 Å². The predicted molar refractivity (Wildman–Crippen MR) is 221 cm³/mol. The molecule has 3 amide bonds. The summed E-state index contributed by atoms with van der Waals surface area (Å²) in [5, 5.41) is 7.99. The fourth-order valence-electron chi connectivity index (χ4n) is 5.81. The number of thiophene rings is 1. The number of ether oxygens (including phenoxy) is 3. The predicted octanol–water partition coefficient (Wildman–Crippen LogP) is 5.88. The molecule has 0 atom stereocenters. The van der Waals surface area contributed by atoms with Crippen molar-refractivity contribution in [3.05, 3.63) is 80.4 Å². The second kappa shape index (κ2) is 24.7. The van der Waals surface area contributed by atoms with Crippen LogP contribution in [0.5, 0.6) is 0 Å². The summed E-state index contributed by atoms with van der Waals surface area (Å²) in [4.78, 5) is 47.9. The number of carbonyl (C=O) groups is 3. The summed E-state index contributed by atoms with van der Waals surface area (Å²) in [5.74, 6) is -0.617. The molecule has 2 aromatic carbocycles. The summed E-state index contributed by atoms with van der Waals surface area (Å²) in [6.07, 6.45) is 6.43. The van der Waals surface area contributed by atoms with Gasteiger partial charge in [0.1, 0.15) is 0 Å². The molecular formula is C40H52Cl2N6O6S. The van der Waals surface area contributed by atoms with Gasteiger partial charge in [0, 0.05) is 70.1 Å². The second-order valence-electron chi connectivity index (χ2n) is 13.1. The summed E-state index contributed by atoms with van der Waals surface area (Å²) < 4.78 is 17.3. The van der Waals surface area contributed by atoms with Gasteiger partial charge in [-0.3, -0.25) is 19.3 Å². The highest BCUT2D eigenvalue weighted by Gasteiger charge is 2.19.